The van der Waals surface area contributed by atoms with Gasteiger partial charge in [-0.1, -0.05) is 23.2 Å². The van der Waals surface area contributed by atoms with Crippen molar-refractivity contribution in [1.82, 2.24) is 20.1 Å². The molecule has 3 rings (SSSR count). The molecule has 0 saturated heterocycles. The number of ether oxygens (including phenoxy) is 1. The largest absolute Gasteiger partial charge is 0.456 e. The quantitative estimate of drug-likeness (QED) is 0.362. The molecule has 0 aliphatic carbocycles. The zero-order valence-electron chi connectivity index (χ0n) is 16.8. The maximum Gasteiger partial charge on any atom is 0.306 e. The number of carbonyl (C=O) groups excluding carboxylic acids is 3. The van der Waals surface area contributed by atoms with E-state index in [0.29, 0.717) is 33.4 Å². The zero-order chi connectivity index (χ0) is 22.9. The zero-order valence-corrected chi connectivity index (χ0v) is 18.3. The Hall–Kier alpha value is -3.43. The van der Waals surface area contributed by atoms with Gasteiger partial charge >= 0.3 is 5.97 Å². The number of halogens is 2. The number of hydrogen-bond acceptors (Lipinski definition) is 6. The van der Waals surface area contributed by atoms with Crippen molar-refractivity contribution in [3.8, 4) is 5.69 Å². The number of nitrogens with zero attached hydrogens (tertiary/aromatic N) is 3. The van der Waals surface area contributed by atoms with Crippen LogP contribution in [0.4, 0.5) is 5.69 Å². The van der Waals surface area contributed by atoms with Gasteiger partial charge in [-0.25, -0.2) is 9.67 Å². The molecule has 2 aromatic carbocycles. The Bertz CT molecular complexity index is 1090. The Morgan fingerprint density at radius 3 is 2.50 bits per heavy atom. The number of carbonyl (C=O) groups is 3. The van der Waals surface area contributed by atoms with Crippen molar-refractivity contribution in [3.63, 3.8) is 0 Å². The van der Waals surface area contributed by atoms with E-state index in [0.717, 1.165) is 0 Å². The molecule has 0 bridgehead atoms. The van der Waals surface area contributed by atoms with E-state index in [4.69, 9.17) is 27.9 Å². The number of rotatable bonds is 9. The lowest BCUT2D eigenvalue weighted by Crippen LogP contribution is -2.25. The van der Waals surface area contributed by atoms with Gasteiger partial charge in [0, 0.05) is 28.6 Å². The third kappa shape index (κ3) is 6.79. The average molecular weight is 476 g/mol. The van der Waals surface area contributed by atoms with E-state index < -0.39 is 18.5 Å². The van der Waals surface area contributed by atoms with E-state index in [-0.39, 0.29) is 18.9 Å². The second kappa shape index (κ2) is 11.3. The summed E-state index contributed by atoms with van der Waals surface area (Å²) >= 11 is 11.8. The third-order valence-corrected chi connectivity index (χ3v) is 4.70. The van der Waals surface area contributed by atoms with E-state index in [1.807, 2.05) is 0 Å². The standard InChI is InChI=1S/C21H19Cl2N5O4/c22-15-5-3-14(4-6-15)21(31)25-9-1-2-20(30)32-11-19(29)27-17-10-16(23)7-8-18(17)28-13-24-12-26-28/h3-8,10,12-13H,1-2,9,11H2,(H,25,31)(H,27,29). The van der Waals surface area contributed by atoms with Gasteiger partial charge in [0.05, 0.1) is 11.4 Å². The lowest BCUT2D eigenvalue weighted by atomic mass is 10.2. The highest BCUT2D eigenvalue weighted by molar-refractivity contribution is 6.31. The molecule has 0 spiro atoms. The van der Waals surface area contributed by atoms with Crippen molar-refractivity contribution < 1.29 is 19.1 Å². The Labute approximate surface area is 193 Å². The normalized spacial score (nSPS) is 10.4. The van der Waals surface area contributed by atoms with Gasteiger partial charge in [0.1, 0.15) is 12.7 Å². The van der Waals surface area contributed by atoms with Crippen molar-refractivity contribution in [3.05, 3.63) is 70.7 Å². The van der Waals surface area contributed by atoms with Crippen molar-refractivity contribution in [2.75, 3.05) is 18.5 Å². The van der Waals surface area contributed by atoms with Crippen LogP contribution in [0, 0.1) is 0 Å². The van der Waals surface area contributed by atoms with Crippen molar-refractivity contribution in [1.29, 1.82) is 0 Å². The van der Waals surface area contributed by atoms with Gasteiger partial charge in [-0.05, 0) is 48.9 Å². The first-order valence-corrected chi connectivity index (χ1v) is 10.3. The monoisotopic (exact) mass is 475 g/mol. The van der Waals surface area contributed by atoms with Gasteiger partial charge in [-0.3, -0.25) is 14.4 Å². The molecular formula is C21H19Cl2N5O4. The highest BCUT2D eigenvalue weighted by Gasteiger charge is 2.13. The fourth-order valence-electron chi connectivity index (χ4n) is 2.68. The summed E-state index contributed by atoms with van der Waals surface area (Å²) in [5.74, 6) is -1.35. The molecule has 0 aliphatic rings. The van der Waals surface area contributed by atoms with Gasteiger partial charge in [-0.2, -0.15) is 5.10 Å². The first kappa shape index (κ1) is 23.2. The fourth-order valence-corrected chi connectivity index (χ4v) is 2.98. The van der Waals surface area contributed by atoms with Gasteiger partial charge in [-0.15, -0.1) is 0 Å². The maximum absolute atomic E-state index is 12.2. The van der Waals surface area contributed by atoms with Gasteiger partial charge in [0.15, 0.2) is 6.61 Å². The van der Waals surface area contributed by atoms with Gasteiger partial charge in [0.25, 0.3) is 11.8 Å². The molecule has 9 nitrogen and oxygen atoms in total. The number of esters is 1. The summed E-state index contributed by atoms with van der Waals surface area (Å²) in [6.07, 6.45) is 3.25. The molecule has 0 radical (unpaired) electrons. The Morgan fingerprint density at radius 1 is 1.03 bits per heavy atom. The summed E-state index contributed by atoms with van der Waals surface area (Å²) in [5, 5.41) is 10.3. The molecule has 2 amide bonds. The fraction of sp³-hybridized carbons (Fsp3) is 0.190. The van der Waals surface area contributed by atoms with Crippen LogP contribution in [0.25, 0.3) is 5.69 Å². The maximum atomic E-state index is 12.2. The molecule has 3 aromatic rings. The first-order valence-electron chi connectivity index (χ1n) is 9.56. The van der Waals surface area contributed by atoms with E-state index in [1.165, 1.54) is 17.3 Å². The summed E-state index contributed by atoms with van der Waals surface area (Å²) in [6, 6.07) is 11.4. The topological polar surface area (TPSA) is 115 Å². The minimum Gasteiger partial charge on any atom is -0.456 e. The van der Waals surface area contributed by atoms with Crippen LogP contribution in [0.5, 0.6) is 0 Å². The van der Waals surface area contributed by atoms with Crippen molar-refractivity contribution in [2.24, 2.45) is 0 Å². The van der Waals surface area contributed by atoms with Gasteiger partial charge < -0.3 is 15.4 Å². The lowest BCUT2D eigenvalue weighted by molar-refractivity contribution is -0.147. The molecule has 166 valence electrons. The minimum absolute atomic E-state index is 0.0511. The lowest BCUT2D eigenvalue weighted by Gasteiger charge is -2.11. The van der Waals surface area contributed by atoms with Crippen LogP contribution in [0.2, 0.25) is 10.0 Å². The van der Waals surface area contributed by atoms with Crippen LogP contribution in [0.15, 0.2) is 55.1 Å². The number of benzene rings is 2. The predicted molar refractivity (Wildman–Crippen MR) is 119 cm³/mol. The first-order chi connectivity index (χ1) is 15.4. The molecule has 0 saturated carbocycles. The van der Waals surface area contributed by atoms with E-state index in [1.54, 1.807) is 42.5 Å². The molecular weight excluding hydrogens is 457 g/mol. The highest BCUT2D eigenvalue weighted by atomic mass is 35.5. The SMILES string of the molecule is O=C(COC(=O)CCCNC(=O)c1ccc(Cl)cc1)Nc1cc(Cl)ccc1-n1cncn1. The number of anilines is 1. The molecule has 2 N–H and O–H groups in total. The van der Waals surface area contributed by atoms with Crippen LogP contribution in [-0.2, 0) is 14.3 Å². The molecule has 0 fully saturated rings. The predicted octanol–water partition coefficient (Wildman–Crippen LogP) is 3.27. The second-order valence-corrected chi connectivity index (χ2v) is 7.45. The van der Waals surface area contributed by atoms with E-state index in [9.17, 15) is 14.4 Å². The number of amides is 2. The number of nitrogens with one attached hydrogen (secondary N) is 2. The molecule has 1 aromatic heterocycles. The van der Waals surface area contributed by atoms with Crippen LogP contribution in [0.3, 0.4) is 0 Å². The summed E-state index contributed by atoms with van der Waals surface area (Å²) in [5.41, 5.74) is 1.43. The van der Waals surface area contributed by atoms with Crippen LogP contribution in [0.1, 0.15) is 23.2 Å². The smallest absolute Gasteiger partial charge is 0.306 e. The highest BCUT2D eigenvalue weighted by Crippen LogP contribution is 2.23. The van der Waals surface area contributed by atoms with Crippen LogP contribution >= 0.6 is 23.2 Å². The molecule has 0 unspecified atom stereocenters. The third-order valence-electron chi connectivity index (χ3n) is 4.21. The van der Waals surface area contributed by atoms with E-state index >= 15 is 0 Å². The Morgan fingerprint density at radius 2 is 1.78 bits per heavy atom. The summed E-state index contributed by atoms with van der Waals surface area (Å²) in [7, 11) is 0. The average Bonchev–Trinajstić information content (AvgIpc) is 3.30. The molecule has 0 atom stereocenters. The van der Waals surface area contributed by atoms with Crippen LogP contribution in [-0.4, -0.2) is 45.7 Å². The number of hydrogen-bond donors (Lipinski definition) is 2. The number of aromatic nitrogens is 3. The Kier molecular flexibility index (Phi) is 8.18. The van der Waals surface area contributed by atoms with Crippen molar-refractivity contribution >= 4 is 46.7 Å². The Balaban J connectivity index is 1.40. The summed E-state index contributed by atoms with van der Waals surface area (Å²) in [4.78, 5) is 40.0. The second-order valence-electron chi connectivity index (χ2n) is 6.58. The molecule has 11 heteroatoms. The summed E-state index contributed by atoms with van der Waals surface area (Å²) < 4.78 is 6.46. The van der Waals surface area contributed by atoms with Crippen molar-refractivity contribution in [2.45, 2.75) is 12.8 Å². The van der Waals surface area contributed by atoms with E-state index in [2.05, 4.69) is 20.7 Å². The summed E-state index contributed by atoms with van der Waals surface area (Å²) in [6.45, 7) is -0.175. The molecule has 1 heterocycles. The van der Waals surface area contributed by atoms with Crippen LogP contribution < -0.4 is 10.6 Å². The molecule has 0 aliphatic heterocycles. The molecule has 32 heavy (non-hydrogen) atoms. The van der Waals surface area contributed by atoms with Gasteiger partial charge in [0.2, 0.25) is 0 Å². The minimum atomic E-state index is -0.552.